The lowest BCUT2D eigenvalue weighted by molar-refractivity contribution is -0.386. The molecule has 0 bridgehead atoms. The van der Waals surface area contributed by atoms with Gasteiger partial charge in [-0.3, -0.25) is 19.9 Å². The molecule has 1 aromatic heterocycles. The molecule has 0 spiro atoms. The largest absolute Gasteiger partial charge is 0.299 e. The van der Waals surface area contributed by atoms with E-state index >= 15 is 0 Å². The maximum Gasteiger partial charge on any atom is 0.291 e. The lowest BCUT2D eigenvalue weighted by Crippen LogP contribution is -2.19. The number of nitrogens with zero attached hydrogens (tertiary/aromatic N) is 2. The van der Waals surface area contributed by atoms with Crippen molar-refractivity contribution in [3.63, 3.8) is 0 Å². The van der Waals surface area contributed by atoms with Crippen molar-refractivity contribution < 1.29 is 9.72 Å². The van der Waals surface area contributed by atoms with Gasteiger partial charge in [0.25, 0.3) is 5.69 Å². The quantitative estimate of drug-likeness (QED) is 0.565. The minimum atomic E-state index is -0.468. The van der Waals surface area contributed by atoms with Crippen molar-refractivity contribution in [1.29, 1.82) is 0 Å². The van der Waals surface area contributed by atoms with E-state index < -0.39 is 4.92 Å². The molecule has 1 fully saturated rings. The highest BCUT2D eigenvalue weighted by Gasteiger charge is 2.30. The fourth-order valence-electron chi connectivity index (χ4n) is 2.10. The van der Waals surface area contributed by atoms with Crippen LogP contribution in [0.15, 0.2) is 18.3 Å². The predicted molar refractivity (Wildman–Crippen MR) is 57.1 cm³/mol. The van der Waals surface area contributed by atoms with Crippen LogP contribution in [0.5, 0.6) is 0 Å². The number of Topliss-reactive ketones (excluding diaryl/α,β-unsaturated/α-hetero) is 1. The van der Waals surface area contributed by atoms with Crippen molar-refractivity contribution in [1.82, 2.24) is 4.98 Å². The fraction of sp³-hybridized carbons (Fsp3) is 0.455. The molecular weight excluding hydrogens is 208 g/mol. The average molecular weight is 220 g/mol. The highest BCUT2D eigenvalue weighted by atomic mass is 16.6. The number of carbonyl (C=O) groups excluding carboxylic acids is 1. The molecule has 1 heterocycles. The van der Waals surface area contributed by atoms with Crippen molar-refractivity contribution >= 4 is 11.5 Å². The summed E-state index contributed by atoms with van der Waals surface area (Å²) in [5.74, 6) is -0.302. The van der Waals surface area contributed by atoms with Crippen molar-refractivity contribution in [2.24, 2.45) is 0 Å². The predicted octanol–water partition coefficient (Wildman–Crippen LogP) is 2.22. The molecule has 0 saturated heterocycles. The highest BCUT2D eigenvalue weighted by molar-refractivity contribution is 5.86. The lowest BCUT2D eigenvalue weighted by atomic mass is 9.85. The molecule has 5 nitrogen and oxygen atoms in total. The molecule has 0 aliphatic heterocycles. The summed E-state index contributed by atoms with van der Waals surface area (Å²) in [6, 6.07) is 2.93. The van der Waals surface area contributed by atoms with Crippen LogP contribution in [-0.4, -0.2) is 15.7 Å². The van der Waals surface area contributed by atoms with Crippen LogP contribution in [0.25, 0.3) is 0 Å². The minimum absolute atomic E-state index is 0.0391. The summed E-state index contributed by atoms with van der Waals surface area (Å²) in [6.45, 7) is 0. The summed E-state index contributed by atoms with van der Waals surface area (Å²) in [5, 5.41) is 10.8. The lowest BCUT2D eigenvalue weighted by Gasteiger charge is -2.19. The Bertz CT molecular complexity index is 431. The van der Waals surface area contributed by atoms with Gasteiger partial charge in [0.15, 0.2) is 0 Å². The minimum Gasteiger partial charge on any atom is -0.299 e. The SMILES string of the molecule is O=C1CCCCC1c1ncccc1[N+](=O)[O-]. The van der Waals surface area contributed by atoms with E-state index in [1.165, 1.54) is 18.3 Å². The average Bonchev–Trinajstić information content (AvgIpc) is 2.29. The zero-order chi connectivity index (χ0) is 11.5. The molecule has 1 aliphatic rings. The molecule has 1 aliphatic carbocycles. The van der Waals surface area contributed by atoms with E-state index in [4.69, 9.17) is 0 Å². The van der Waals surface area contributed by atoms with E-state index in [9.17, 15) is 14.9 Å². The third-order valence-corrected chi connectivity index (χ3v) is 2.90. The highest BCUT2D eigenvalue weighted by Crippen LogP contribution is 2.33. The summed E-state index contributed by atoms with van der Waals surface area (Å²) in [6.07, 6.45) is 4.51. The number of nitro groups is 1. The Hall–Kier alpha value is -1.78. The molecule has 1 unspecified atom stereocenters. The second-order valence-corrected chi connectivity index (χ2v) is 3.93. The number of rotatable bonds is 2. The van der Waals surface area contributed by atoms with E-state index in [0.29, 0.717) is 18.5 Å². The van der Waals surface area contributed by atoms with Gasteiger partial charge < -0.3 is 0 Å². The Kier molecular flexibility index (Phi) is 2.94. The molecule has 0 radical (unpaired) electrons. The number of hydrogen-bond acceptors (Lipinski definition) is 4. The van der Waals surface area contributed by atoms with Crippen LogP contribution in [0, 0.1) is 10.1 Å². The second-order valence-electron chi connectivity index (χ2n) is 3.93. The number of carbonyl (C=O) groups is 1. The van der Waals surface area contributed by atoms with Crippen LogP contribution >= 0.6 is 0 Å². The summed E-state index contributed by atoms with van der Waals surface area (Å²) in [7, 11) is 0. The van der Waals surface area contributed by atoms with E-state index in [1.54, 1.807) is 0 Å². The van der Waals surface area contributed by atoms with Gasteiger partial charge in [-0.05, 0) is 18.9 Å². The third kappa shape index (κ3) is 1.93. The van der Waals surface area contributed by atoms with Crippen LogP contribution in [0.4, 0.5) is 5.69 Å². The molecule has 0 aromatic carbocycles. The summed E-state index contributed by atoms with van der Waals surface area (Å²) >= 11 is 0. The Balaban J connectivity index is 2.38. The van der Waals surface area contributed by atoms with Gasteiger partial charge in [-0.15, -0.1) is 0 Å². The first-order valence-electron chi connectivity index (χ1n) is 5.32. The molecule has 84 valence electrons. The maximum absolute atomic E-state index is 11.7. The van der Waals surface area contributed by atoms with Gasteiger partial charge in [0.1, 0.15) is 11.5 Å². The molecule has 0 N–H and O–H groups in total. The molecule has 2 rings (SSSR count). The molecule has 1 atom stereocenters. The van der Waals surface area contributed by atoms with Gasteiger partial charge in [0.2, 0.25) is 0 Å². The topological polar surface area (TPSA) is 73.1 Å². The van der Waals surface area contributed by atoms with E-state index in [0.717, 1.165) is 12.8 Å². The van der Waals surface area contributed by atoms with Crippen molar-refractivity contribution in [2.45, 2.75) is 31.6 Å². The molecule has 16 heavy (non-hydrogen) atoms. The Morgan fingerprint density at radius 3 is 2.94 bits per heavy atom. The molecule has 1 saturated carbocycles. The first-order chi connectivity index (χ1) is 7.70. The summed E-state index contributed by atoms with van der Waals surface area (Å²) < 4.78 is 0. The van der Waals surface area contributed by atoms with Gasteiger partial charge in [0.05, 0.1) is 10.8 Å². The number of pyridine rings is 1. The standard InChI is InChI=1S/C11H12N2O3/c14-10-6-2-1-4-8(10)11-9(13(15)16)5-3-7-12-11/h3,5,7-8H,1-2,4,6H2. The van der Waals surface area contributed by atoms with Crippen molar-refractivity contribution in [3.05, 3.63) is 34.1 Å². The maximum atomic E-state index is 11.7. The van der Waals surface area contributed by atoms with E-state index in [1.807, 2.05) is 0 Å². The summed E-state index contributed by atoms with van der Waals surface area (Å²) in [4.78, 5) is 26.1. The van der Waals surface area contributed by atoms with Crippen LogP contribution in [0.2, 0.25) is 0 Å². The monoisotopic (exact) mass is 220 g/mol. The zero-order valence-electron chi connectivity index (χ0n) is 8.76. The van der Waals surface area contributed by atoms with Gasteiger partial charge in [0, 0.05) is 18.7 Å². The van der Waals surface area contributed by atoms with E-state index in [-0.39, 0.29) is 17.4 Å². The third-order valence-electron chi connectivity index (χ3n) is 2.90. The van der Waals surface area contributed by atoms with Crippen LogP contribution in [-0.2, 0) is 4.79 Å². The number of aromatic nitrogens is 1. The number of ketones is 1. The molecule has 5 heteroatoms. The van der Waals surface area contributed by atoms with Gasteiger partial charge in [-0.2, -0.15) is 0 Å². The van der Waals surface area contributed by atoms with Gasteiger partial charge in [-0.25, -0.2) is 0 Å². The van der Waals surface area contributed by atoms with Gasteiger partial charge >= 0.3 is 0 Å². The smallest absolute Gasteiger partial charge is 0.291 e. The Labute approximate surface area is 92.6 Å². The normalized spacial score (nSPS) is 20.8. The molecule has 1 aromatic rings. The first kappa shape index (κ1) is 10.7. The van der Waals surface area contributed by atoms with E-state index in [2.05, 4.69) is 4.98 Å². The fourth-order valence-corrected chi connectivity index (χ4v) is 2.10. The molecular formula is C11H12N2O3. The summed E-state index contributed by atoms with van der Waals surface area (Å²) in [5.41, 5.74) is 0.292. The number of hydrogen-bond donors (Lipinski definition) is 0. The van der Waals surface area contributed by atoms with Crippen LogP contribution < -0.4 is 0 Å². The van der Waals surface area contributed by atoms with Crippen LogP contribution in [0.1, 0.15) is 37.3 Å². The zero-order valence-corrected chi connectivity index (χ0v) is 8.76. The van der Waals surface area contributed by atoms with Crippen molar-refractivity contribution in [2.75, 3.05) is 0 Å². The Morgan fingerprint density at radius 2 is 2.25 bits per heavy atom. The molecule has 0 amide bonds. The first-order valence-corrected chi connectivity index (χ1v) is 5.32. The second kappa shape index (κ2) is 4.38. The van der Waals surface area contributed by atoms with Crippen molar-refractivity contribution in [3.8, 4) is 0 Å². The Morgan fingerprint density at radius 1 is 1.44 bits per heavy atom. The van der Waals surface area contributed by atoms with Gasteiger partial charge in [-0.1, -0.05) is 6.42 Å². The van der Waals surface area contributed by atoms with Crippen LogP contribution in [0.3, 0.4) is 0 Å².